The fourth-order valence-corrected chi connectivity index (χ4v) is 2.57. The van der Waals surface area contributed by atoms with E-state index in [2.05, 4.69) is 15.3 Å². The number of hydrogen-bond acceptors (Lipinski definition) is 5. The van der Waals surface area contributed by atoms with Gasteiger partial charge in [0.1, 0.15) is 5.69 Å². The van der Waals surface area contributed by atoms with Crippen LogP contribution in [0.2, 0.25) is 0 Å². The Hall–Kier alpha value is -2.11. The second-order valence-corrected chi connectivity index (χ2v) is 6.82. The lowest BCUT2D eigenvalue weighted by Crippen LogP contribution is -2.49. The SMILES string of the molecule is CC(=O)[C@@H](NC(=O)[C@@H]1CC1C(=O)c1cnccn1)C(C)(C)C. The summed E-state index contributed by atoms with van der Waals surface area (Å²) < 4.78 is 0. The number of nitrogens with zero attached hydrogens (tertiary/aromatic N) is 2. The van der Waals surface area contributed by atoms with Crippen molar-refractivity contribution in [2.45, 2.75) is 40.2 Å². The van der Waals surface area contributed by atoms with Crippen LogP contribution in [0.4, 0.5) is 0 Å². The summed E-state index contributed by atoms with van der Waals surface area (Å²) in [6.45, 7) is 7.16. The quantitative estimate of drug-likeness (QED) is 0.831. The van der Waals surface area contributed by atoms with Crippen molar-refractivity contribution in [3.05, 3.63) is 24.3 Å². The molecule has 0 aromatic carbocycles. The van der Waals surface area contributed by atoms with Gasteiger partial charge in [0.25, 0.3) is 0 Å². The number of carbonyl (C=O) groups excluding carboxylic acids is 3. The molecule has 1 heterocycles. The fourth-order valence-electron chi connectivity index (χ4n) is 2.57. The van der Waals surface area contributed by atoms with Crippen molar-refractivity contribution >= 4 is 17.5 Å². The van der Waals surface area contributed by atoms with Gasteiger partial charge in [-0.25, -0.2) is 4.98 Å². The molecule has 1 saturated carbocycles. The van der Waals surface area contributed by atoms with Crippen molar-refractivity contribution in [2.24, 2.45) is 17.3 Å². The van der Waals surface area contributed by atoms with Gasteiger partial charge in [0.05, 0.1) is 12.2 Å². The standard InChI is InChI=1S/C16H21N3O3/c1-9(20)14(16(2,3)4)19-15(22)11-7-10(11)13(21)12-8-17-5-6-18-12/h5-6,8,10-11,14H,7H2,1-4H3,(H,19,22)/t10?,11-,14-/m1/s1. The largest absolute Gasteiger partial charge is 0.346 e. The van der Waals surface area contributed by atoms with E-state index in [1.54, 1.807) is 0 Å². The van der Waals surface area contributed by atoms with Crippen LogP contribution in [0.25, 0.3) is 0 Å². The number of nitrogens with one attached hydrogen (secondary N) is 1. The van der Waals surface area contributed by atoms with Gasteiger partial charge in [-0.3, -0.25) is 19.4 Å². The van der Waals surface area contributed by atoms with Crippen LogP contribution in [-0.2, 0) is 9.59 Å². The Morgan fingerprint density at radius 1 is 1.23 bits per heavy atom. The molecule has 1 amide bonds. The molecule has 1 N–H and O–H groups in total. The van der Waals surface area contributed by atoms with E-state index >= 15 is 0 Å². The van der Waals surface area contributed by atoms with E-state index < -0.39 is 6.04 Å². The molecular formula is C16H21N3O3. The van der Waals surface area contributed by atoms with Crippen LogP contribution < -0.4 is 5.32 Å². The highest BCUT2D eigenvalue weighted by Crippen LogP contribution is 2.41. The zero-order valence-corrected chi connectivity index (χ0v) is 13.3. The maximum absolute atomic E-state index is 12.3. The first kappa shape index (κ1) is 16.3. The van der Waals surface area contributed by atoms with Crippen molar-refractivity contribution in [1.82, 2.24) is 15.3 Å². The van der Waals surface area contributed by atoms with E-state index in [0.29, 0.717) is 6.42 Å². The molecule has 1 unspecified atom stereocenters. The number of amides is 1. The molecule has 1 aliphatic carbocycles. The predicted octanol–water partition coefficient (Wildman–Crippen LogP) is 1.42. The maximum Gasteiger partial charge on any atom is 0.224 e. The van der Waals surface area contributed by atoms with Crippen molar-refractivity contribution in [3.8, 4) is 0 Å². The molecule has 2 rings (SSSR count). The summed E-state index contributed by atoms with van der Waals surface area (Å²) in [7, 11) is 0. The predicted molar refractivity (Wildman–Crippen MR) is 80.0 cm³/mol. The van der Waals surface area contributed by atoms with Crippen LogP contribution in [0, 0.1) is 17.3 Å². The molecule has 6 heteroatoms. The Kier molecular flexibility index (Phi) is 4.39. The van der Waals surface area contributed by atoms with Crippen molar-refractivity contribution in [3.63, 3.8) is 0 Å². The summed E-state index contributed by atoms with van der Waals surface area (Å²) >= 11 is 0. The second-order valence-electron chi connectivity index (χ2n) is 6.82. The molecule has 0 aliphatic heterocycles. The number of hydrogen-bond donors (Lipinski definition) is 1. The molecule has 0 radical (unpaired) electrons. The van der Waals surface area contributed by atoms with E-state index in [1.807, 2.05) is 20.8 Å². The zero-order chi connectivity index (χ0) is 16.5. The molecule has 0 bridgehead atoms. The molecular weight excluding hydrogens is 282 g/mol. The van der Waals surface area contributed by atoms with Gasteiger partial charge >= 0.3 is 0 Å². The van der Waals surface area contributed by atoms with E-state index in [0.717, 1.165) is 0 Å². The molecule has 0 saturated heterocycles. The minimum Gasteiger partial charge on any atom is -0.346 e. The third-order valence-electron chi connectivity index (χ3n) is 3.84. The monoisotopic (exact) mass is 303 g/mol. The van der Waals surface area contributed by atoms with Crippen LogP contribution in [0.15, 0.2) is 18.6 Å². The average Bonchev–Trinajstić information content (AvgIpc) is 3.23. The number of rotatable bonds is 5. The minimum atomic E-state index is -0.548. The Labute approximate surface area is 129 Å². The fraction of sp³-hybridized carbons (Fsp3) is 0.562. The van der Waals surface area contributed by atoms with E-state index in [-0.39, 0.29) is 40.4 Å². The topological polar surface area (TPSA) is 89.0 Å². The van der Waals surface area contributed by atoms with E-state index in [4.69, 9.17) is 0 Å². The molecule has 1 fully saturated rings. The molecule has 118 valence electrons. The molecule has 1 aliphatic rings. The molecule has 1 aromatic rings. The van der Waals surface area contributed by atoms with Gasteiger partial charge in [-0.15, -0.1) is 0 Å². The summed E-state index contributed by atoms with van der Waals surface area (Å²) in [6.07, 6.45) is 4.85. The third kappa shape index (κ3) is 3.55. The van der Waals surface area contributed by atoms with Gasteiger partial charge in [-0.2, -0.15) is 0 Å². The Bertz CT molecular complexity index is 592. The summed E-state index contributed by atoms with van der Waals surface area (Å²) in [5.41, 5.74) is -0.0809. The maximum atomic E-state index is 12.3. The van der Waals surface area contributed by atoms with Crippen molar-refractivity contribution in [1.29, 1.82) is 0 Å². The summed E-state index contributed by atoms with van der Waals surface area (Å²) in [5.74, 6) is -1.22. The molecule has 1 aromatic heterocycles. The minimum absolute atomic E-state index is 0.0849. The Morgan fingerprint density at radius 3 is 2.41 bits per heavy atom. The highest BCUT2D eigenvalue weighted by molar-refractivity contribution is 6.02. The first-order chi connectivity index (χ1) is 10.2. The number of aromatic nitrogens is 2. The Balaban J connectivity index is 1.99. The van der Waals surface area contributed by atoms with Gasteiger partial charge < -0.3 is 5.32 Å². The molecule has 3 atom stereocenters. The van der Waals surface area contributed by atoms with Crippen LogP contribution in [0.3, 0.4) is 0 Å². The summed E-state index contributed by atoms with van der Waals surface area (Å²) in [5, 5.41) is 2.78. The first-order valence-corrected chi connectivity index (χ1v) is 7.33. The molecule has 6 nitrogen and oxygen atoms in total. The highest BCUT2D eigenvalue weighted by Gasteiger charge is 2.49. The van der Waals surface area contributed by atoms with Crippen LogP contribution in [-0.4, -0.2) is 33.5 Å². The lowest BCUT2D eigenvalue weighted by atomic mass is 9.84. The second kappa shape index (κ2) is 5.94. The lowest BCUT2D eigenvalue weighted by molar-refractivity contribution is -0.130. The first-order valence-electron chi connectivity index (χ1n) is 7.33. The normalized spacial score (nSPS) is 21.8. The summed E-state index contributed by atoms with van der Waals surface area (Å²) in [6, 6.07) is -0.548. The van der Waals surface area contributed by atoms with Gasteiger partial charge in [0, 0.05) is 24.2 Å². The van der Waals surface area contributed by atoms with Gasteiger partial charge in [-0.1, -0.05) is 20.8 Å². The van der Waals surface area contributed by atoms with Crippen LogP contribution in [0.5, 0.6) is 0 Å². The van der Waals surface area contributed by atoms with Crippen molar-refractivity contribution < 1.29 is 14.4 Å². The number of Topliss-reactive ketones (excluding diaryl/α,β-unsaturated/α-hetero) is 2. The van der Waals surface area contributed by atoms with Crippen molar-refractivity contribution in [2.75, 3.05) is 0 Å². The van der Waals surface area contributed by atoms with Gasteiger partial charge in [0.15, 0.2) is 11.6 Å². The van der Waals surface area contributed by atoms with Crippen LogP contribution >= 0.6 is 0 Å². The van der Waals surface area contributed by atoms with E-state index in [9.17, 15) is 14.4 Å². The van der Waals surface area contributed by atoms with E-state index in [1.165, 1.54) is 25.5 Å². The lowest BCUT2D eigenvalue weighted by Gasteiger charge is -2.29. The molecule has 0 spiro atoms. The van der Waals surface area contributed by atoms with Crippen LogP contribution in [0.1, 0.15) is 44.6 Å². The number of carbonyl (C=O) groups is 3. The highest BCUT2D eigenvalue weighted by atomic mass is 16.2. The summed E-state index contributed by atoms with van der Waals surface area (Å²) in [4.78, 5) is 44.0. The molecule has 22 heavy (non-hydrogen) atoms. The smallest absolute Gasteiger partial charge is 0.224 e. The average molecular weight is 303 g/mol. The Morgan fingerprint density at radius 2 is 1.91 bits per heavy atom. The zero-order valence-electron chi connectivity index (χ0n) is 13.3. The third-order valence-corrected chi connectivity index (χ3v) is 3.84. The van der Waals surface area contributed by atoms with Gasteiger partial charge in [0.2, 0.25) is 5.91 Å². The van der Waals surface area contributed by atoms with Gasteiger partial charge in [-0.05, 0) is 18.8 Å². The number of ketones is 2.